The lowest BCUT2D eigenvalue weighted by Crippen LogP contribution is -2.39. The van der Waals surface area contributed by atoms with Crippen LogP contribution in [0.5, 0.6) is 0 Å². The summed E-state index contributed by atoms with van der Waals surface area (Å²) in [6.45, 7) is 4.18. The Morgan fingerprint density at radius 3 is 2.70 bits per heavy atom. The van der Waals surface area contributed by atoms with E-state index in [9.17, 15) is 4.79 Å². The van der Waals surface area contributed by atoms with E-state index >= 15 is 0 Å². The van der Waals surface area contributed by atoms with Gasteiger partial charge in [-0.25, -0.2) is 4.98 Å². The Labute approximate surface area is 147 Å². The number of nitrogens with zero attached hydrogens (tertiary/aromatic N) is 1. The molecule has 6 heteroatoms. The highest BCUT2D eigenvalue weighted by molar-refractivity contribution is 8.01. The third-order valence-electron chi connectivity index (χ3n) is 4.84. The van der Waals surface area contributed by atoms with Gasteiger partial charge < -0.3 is 10.6 Å². The Bertz CT molecular complexity index is 506. The normalized spacial score (nSPS) is 26.1. The fourth-order valence-corrected chi connectivity index (χ4v) is 5.77. The van der Waals surface area contributed by atoms with Crippen LogP contribution in [-0.2, 0) is 4.79 Å². The molecule has 0 aromatic carbocycles. The number of hydrogen-bond acceptors (Lipinski definition) is 5. The molecule has 1 saturated carbocycles. The second-order valence-electron chi connectivity index (χ2n) is 6.81. The Kier molecular flexibility index (Phi) is 6.36. The molecule has 1 aromatic rings. The lowest BCUT2D eigenvalue weighted by molar-refractivity contribution is -0.123. The molecule has 1 aromatic heterocycles. The zero-order valence-corrected chi connectivity index (χ0v) is 15.5. The molecule has 4 nitrogen and oxygen atoms in total. The van der Waals surface area contributed by atoms with Crippen LogP contribution in [0.15, 0.2) is 9.72 Å². The topological polar surface area (TPSA) is 54.0 Å². The first-order valence-electron chi connectivity index (χ1n) is 8.78. The van der Waals surface area contributed by atoms with Crippen LogP contribution in [0.3, 0.4) is 0 Å². The molecule has 1 saturated heterocycles. The number of piperidine rings is 1. The zero-order chi connectivity index (χ0) is 16.1. The predicted molar refractivity (Wildman–Crippen MR) is 97.1 cm³/mol. The third kappa shape index (κ3) is 5.47. The van der Waals surface area contributed by atoms with Crippen LogP contribution in [0.2, 0.25) is 0 Å². The fourth-order valence-electron chi connectivity index (χ4n) is 3.49. The number of amides is 1. The molecule has 1 aliphatic carbocycles. The first kappa shape index (κ1) is 17.2. The summed E-state index contributed by atoms with van der Waals surface area (Å²) >= 11 is 3.67. The van der Waals surface area contributed by atoms with Crippen LogP contribution >= 0.6 is 23.1 Å². The molecule has 1 amide bonds. The summed E-state index contributed by atoms with van der Waals surface area (Å²) in [6.07, 6.45) is 7.59. The van der Waals surface area contributed by atoms with Gasteiger partial charge in [0.2, 0.25) is 5.91 Å². The lowest BCUT2D eigenvalue weighted by atomic mass is 9.92. The van der Waals surface area contributed by atoms with Crippen LogP contribution in [-0.4, -0.2) is 35.3 Å². The number of hydrogen-bond donors (Lipinski definition) is 2. The van der Waals surface area contributed by atoms with Crippen molar-refractivity contribution in [3.8, 4) is 0 Å². The van der Waals surface area contributed by atoms with Gasteiger partial charge in [-0.2, -0.15) is 0 Å². The number of nitrogens with one attached hydrogen (secondary N) is 2. The number of rotatable bonds is 5. The molecule has 2 aliphatic rings. The van der Waals surface area contributed by atoms with Gasteiger partial charge in [-0.3, -0.25) is 4.79 Å². The number of aromatic nitrogens is 1. The first-order valence-corrected chi connectivity index (χ1v) is 10.5. The number of aryl methyl sites for hydroxylation is 1. The largest absolute Gasteiger partial charge is 0.353 e. The minimum atomic E-state index is 0.267. The summed E-state index contributed by atoms with van der Waals surface area (Å²) in [5, 5.41) is 9.42. The highest BCUT2D eigenvalue weighted by Gasteiger charge is 2.25. The minimum Gasteiger partial charge on any atom is -0.353 e. The molecule has 0 bridgehead atoms. The van der Waals surface area contributed by atoms with Crippen LogP contribution in [0.1, 0.15) is 50.6 Å². The van der Waals surface area contributed by atoms with Crippen molar-refractivity contribution in [2.75, 3.05) is 13.1 Å². The summed E-state index contributed by atoms with van der Waals surface area (Å²) < 4.78 is 1.20. The highest BCUT2D eigenvalue weighted by atomic mass is 32.2. The van der Waals surface area contributed by atoms with E-state index in [-0.39, 0.29) is 5.91 Å². The van der Waals surface area contributed by atoms with E-state index in [1.807, 2.05) is 11.8 Å². The SMILES string of the molecule is Cc1csc(SC2CCC(NC(=O)CC3CCNCC3)CC2)n1. The molecule has 128 valence electrons. The van der Waals surface area contributed by atoms with Gasteiger partial charge in [-0.15, -0.1) is 11.3 Å². The smallest absolute Gasteiger partial charge is 0.220 e. The molecule has 0 radical (unpaired) electrons. The molecule has 0 spiro atoms. The molecular formula is C17H27N3OS2. The quantitative estimate of drug-likeness (QED) is 0.852. The predicted octanol–water partition coefficient (Wildman–Crippen LogP) is 3.36. The van der Waals surface area contributed by atoms with Crippen LogP contribution in [0.25, 0.3) is 0 Å². The lowest BCUT2D eigenvalue weighted by Gasteiger charge is -2.29. The van der Waals surface area contributed by atoms with Crippen LogP contribution in [0.4, 0.5) is 0 Å². The van der Waals surface area contributed by atoms with Gasteiger partial charge in [0.1, 0.15) is 4.34 Å². The first-order chi connectivity index (χ1) is 11.2. The van der Waals surface area contributed by atoms with Crippen molar-refractivity contribution in [1.82, 2.24) is 15.6 Å². The van der Waals surface area contributed by atoms with Crippen molar-refractivity contribution < 1.29 is 4.79 Å². The van der Waals surface area contributed by atoms with Crippen LogP contribution < -0.4 is 10.6 Å². The van der Waals surface area contributed by atoms with Crippen molar-refractivity contribution in [2.24, 2.45) is 5.92 Å². The average molecular weight is 354 g/mol. The van der Waals surface area contributed by atoms with Gasteiger partial charge >= 0.3 is 0 Å². The molecule has 2 fully saturated rings. The monoisotopic (exact) mass is 353 g/mol. The summed E-state index contributed by atoms with van der Waals surface area (Å²) in [5.41, 5.74) is 1.12. The van der Waals surface area contributed by atoms with Crippen molar-refractivity contribution in [3.63, 3.8) is 0 Å². The maximum Gasteiger partial charge on any atom is 0.220 e. The molecule has 1 aliphatic heterocycles. The standard InChI is InChI=1S/C17H27N3OS2/c1-12-11-22-17(19-12)23-15-4-2-14(3-5-15)20-16(21)10-13-6-8-18-9-7-13/h11,13-15,18H,2-10H2,1H3,(H,20,21). The summed E-state index contributed by atoms with van der Waals surface area (Å²) in [4.78, 5) is 16.8. The summed E-state index contributed by atoms with van der Waals surface area (Å²) in [6, 6.07) is 0.388. The van der Waals surface area contributed by atoms with E-state index in [0.29, 0.717) is 17.2 Å². The Morgan fingerprint density at radius 2 is 2.04 bits per heavy atom. The van der Waals surface area contributed by atoms with Crippen molar-refractivity contribution in [3.05, 3.63) is 11.1 Å². The van der Waals surface area contributed by atoms with Gasteiger partial charge in [0, 0.05) is 28.8 Å². The van der Waals surface area contributed by atoms with E-state index in [0.717, 1.165) is 50.9 Å². The van der Waals surface area contributed by atoms with E-state index in [1.165, 1.54) is 17.2 Å². The van der Waals surface area contributed by atoms with Gasteiger partial charge in [0.15, 0.2) is 0 Å². The number of thioether (sulfide) groups is 1. The summed E-state index contributed by atoms with van der Waals surface area (Å²) in [7, 11) is 0. The fraction of sp³-hybridized carbons (Fsp3) is 0.765. The second-order valence-corrected chi connectivity index (χ2v) is 9.22. The minimum absolute atomic E-state index is 0.267. The number of carbonyl (C=O) groups is 1. The third-order valence-corrected chi connectivity index (χ3v) is 7.26. The van der Waals surface area contributed by atoms with Crippen LogP contribution in [0, 0.1) is 12.8 Å². The van der Waals surface area contributed by atoms with Gasteiger partial charge in [-0.1, -0.05) is 11.8 Å². The van der Waals surface area contributed by atoms with Crippen molar-refractivity contribution in [1.29, 1.82) is 0 Å². The molecule has 23 heavy (non-hydrogen) atoms. The molecule has 2 heterocycles. The van der Waals surface area contributed by atoms with E-state index < -0.39 is 0 Å². The molecule has 0 atom stereocenters. The van der Waals surface area contributed by atoms with Crippen molar-refractivity contribution in [2.45, 2.75) is 67.5 Å². The second kappa shape index (κ2) is 8.49. The Balaban J connectivity index is 1.36. The van der Waals surface area contributed by atoms with Gasteiger partial charge in [0.05, 0.1) is 0 Å². The highest BCUT2D eigenvalue weighted by Crippen LogP contribution is 2.35. The van der Waals surface area contributed by atoms with Gasteiger partial charge in [-0.05, 0) is 64.5 Å². The van der Waals surface area contributed by atoms with Gasteiger partial charge in [0.25, 0.3) is 0 Å². The number of carbonyl (C=O) groups excluding carboxylic acids is 1. The maximum absolute atomic E-state index is 12.2. The van der Waals surface area contributed by atoms with E-state index in [2.05, 4.69) is 27.9 Å². The maximum atomic E-state index is 12.2. The molecule has 2 N–H and O–H groups in total. The molecule has 3 rings (SSSR count). The van der Waals surface area contributed by atoms with E-state index in [4.69, 9.17) is 0 Å². The molecular weight excluding hydrogens is 326 g/mol. The Hall–Kier alpha value is -0.590. The number of thiazole rings is 1. The average Bonchev–Trinajstić information content (AvgIpc) is 2.95. The Morgan fingerprint density at radius 1 is 1.30 bits per heavy atom. The van der Waals surface area contributed by atoms with Crippen molar-refractivity contribution >= 4 is 29.0 Å². The van der Waals surface area contributed by atoms with E-state index in [1.54, 1.807) is 11.3 Å². The summed E-state index contributed by atoms with van der Waals surface area (Å²) in [5.74, 6) is 0.847. The molecule has 0 unspecified atom stereocenters. The zero-order valence-electron chi connectivity index (χ0n) is 13.8.